The number of ether oxygens (including phenoxy) is 1. The number of nitrogens with one attached hydrogen (secondary N) is 1. The zero-order valence-corrected chi connectivity index (χ0v) is 15.2. The van der Waals surface area contributed by atoms with Gasteiger partial charge < -0.3 is 15.8 Å². The molecule has 5 heteroatoms. The van der Waals surface area contributed by atoms with Gasteiger partial charge in [-0.15, -0.1) is 0 Å². The summed E-state index contributed by atoms with van der Waals surface area (Å²) in [4.78, 5) is 9.01. The standard InChI is InChI=1S/C17H32N4O/c1-8-10-12-19-14(13(18)15(20-12)22-9-2)21-17(6,7)11-16(3,4)5/h8-11,18H2,1-7H3,(H,19,20,21). The summed E-state index contributed by atoms with van der Waals surface area (Å²) in [6.45, 7) is 15.6. The van der Waals surface area contributed by atoms with Crippen molar-refractivity contribution in [1.82, 2.24) is 9.97 Å². The molecule has 1 rings (SSSR count). The van der Waals surface area contributed by atoms with E-state index in [9.17, 15) is 0 Å². The molecule has 0 atom stereocenters. The summed E-state index contributed by atoms with van der Waals surface area (Å²) in [6, 6.07) is 0. The Balaban J connectivity index is 3.11. The van der Waals surface area contributed by atoms with Gasteiger partial charge in [0.05, 0.1) is 6.61 Å². The molecule has 1 heterocycles. The lowest BCUT2D eigenvalue weighted by Gasteiger charge is -2.34. The molecule has 0 bridgehead atoms. The summed E-state index contributed by atoms with van der Waals surface area (Å²) >= 11 is 0. The number of aromatic nitrogens is 2. The Hall–Kier alpha value is -1.52. The number of aryl methyl sites for hydroxylation is 1. The Labute approximate surface area is 135 Å². The number of nitrogen functional groups attached to an aromatic ring is 1. The molecule has 0 saturated heterocycles. The molecule has 0 aromatic carbocycles. The van der Waals surface area contributed by atoms with Crippen LogP contribution in [0.3, 0.4) is 0 Å². The highest BCUT2D eigenvalue weighted by molar-refractivity contribution is 5.67. The van der Waals surface area contributed by atoms with Gasteiger partial charge in [-0.25, -0.2) is 4.98 Å². The van der Waals surface area contributed by atoms with Gasteiger partial charge in [-0.05, 0) is 39.0 Å². The first-order chi connectivity index (χ1) is 10.1. The van der Waals surface area contributed by atoms with Crippen molar-refractivity contribution < 1.29 is 4.74 Å². The number of rotatable bonds is 7. The van der Waals surface area contributed by atoms with Crippen molar-refractivity contribution in [1.29, 1.82) is 0 Å². The number of nitrogens with two attached hydrogens (primary N) is 1. The highest BCUT2D eigenvalue weighted by Crippen LogP contribution is 2.33. The first-order valence-corrected chi connectivity index (χ1v) is 8.15. The van der Waals surface area contributed by atoms with Gasteiger partial charge in [-0.3, -0.25) is 0 Å². The van der Waals surface area contributed by atoms with E-state index in [0.29, 0.717) is 24.0 Å². The molecule has 0 saturated carbocycles. The Kier molecular flexibility index (Phi) is 6.03. The second kappa shape index (κ2) is 7.16. The van der Waals surface area contributed by atoms with Crippen LogP contribution in [0.2, 0.25) is 0 Å². The second-order valence-corrected chi connectivity index (χ2v) is 7.64. The lowest BCUT2D eigenvalue weighted by atomic mass is 9.82. The van der Waals surface area contributed by atoms with Crippen LogP contribution in [0.5, 0.6) is 5.88 Å². The van der Waals surface area contributed by atoms with E-state index in [-0.39, 0.29) is 11.0 Å². The lowest BCUT2D eigenvalue weighted by molar-refractivity contribution is 0.301. The summed E-state index contributed by atoms with van der Waals surface area (Å²) in [5.74, 6) is 1.93. The molecule has 5 nitrogen and oxygen atoms in total. The van der Waals surface area contributed by atoms with Gasteiger partial charge in [0.1, 0.15) is 11.5 Å². The van der Waals surface area contributed by atoms with Crippen LogP contribution in [0, 0.1) is 5.41 Å². The van der Waals surface area contributed by atoms with Crippen molar-refractivity contribution in [3.8, 4) is 5.88 Å². The van der Waals surface area contributed by atoms with Gasteiger partial charge in [0.2, 0.25) is 5.88 Å². The fourth-order valence-electron chi connectivity index (χ4n) is 2.86. The van der Waals surface area contributed by atoms with Crippen molar-refractivity contribution in [2.75, 3.05) is 17.7 Å². The monoisotopic (exact) mass is 308 g/mol. The molecule has 0 aliphatic rings. The molecule has 1 aromatic rings. The maximum Gasteiger partial charge on any atom is 0.242 e. The SMILES string of the molecule is CCCc1nc(NC(C)(C)CC(C)(C)C)c(N)c(OCC)n1. The van der Waals surface area contributed by atoms with Crippen LogP contribution in [0.15, 0.2) is 0 Å². The van der Waals surface area contributed by atoms with E-state index >= 15 is 0 Å². The first kappa shape index (κ1) is 18.5. The Morgan fingerprint density at radius 2 is 1.73 bits per heavy atom. The highest BCUT2D eigenvalue weighted by Gasteiger charge is 2.27. The quantitative estimate of drug-likeness (QED) is 0.795. The van der Waals surface area contributed by atoms with Crippen LogP contribution in [0.4, 0.5) is 11.5 Å². The van der Waals surface area contributed by atoms with Crippen LogP contribution >= 0.6 is 0 Å². The van der Waals surface area contributed by atoms with Crippen molar-refractivity contribution in [3.63, 3.8) is 0 Å². The summed E-state index contributed by atoms with van der Waals surface area (Å²) in [5, 5.41) is 3.48. The third kappa shape index (κ3) is 5.70. The Morgan fingerprint density at radius 3 is 2.23 bits per heavy atom. The van der Waals surface area contributed by atoms with Gasteiger partial charge in [0.25, 0.3) is 0 Å². The minimum Gasteiger partial charge on any atom is -0.476 e. The van der Waals surface area contributed by atoms with E-state index in [1.54, 1.807) is 0 Å². The van der Waals surface area contributed by atoms with E-state index < -0.39 is 0 Å². The van der Waals surface area contributed by atoms with Crippen molar-refractivity contribution in [2.24, 2.45) is 5.41 Å². The largest absolute Gasteiger partial charge is 0.476 e. The maximum atomic E-state index is 6.19. The zero-order chi connectivity index (χ0) is 17.0. The number of hydrogen-bond donors (Lipinski definition) is 2. The maximum absolute atomic E-state index is 6.19. The van der Waals surface area contributed by atoms with Gasteiger partial charge >= 0.3 is 0 Å². The average molecular weight is 308 g/mol. The van der Waals surface area contributed by atoms with Gasteiger partial charge in [-0.2, -0.15) is 4.98 Å². The molecule has 3 N–H and O–H groups in total. The topological polar surface area (TPSA) is 73.1 Å². The first-order valence-electron chi connectivity index (χ1n) is 8.15. The zero-order valence-electron chi connectivity index (χ0n) is 15.2. The van der Waals surface area contributed by atoms with Crippen LogP contribution in [-0.4, -0.2) is 22.1 Å². The minimum absolute atomic E-state index is 0.117. The number of anilines is 2. The fraction of sp³-hybridized carbons (Fsp3) is 0.765. The molecule has 126 valence electrons. The van der Waals surface area contributed by atoms with E-state index in [4.69, 9.17) is 10.5 Å². The van der Waals surface area contributed by atoms with Gasteiger partial charge in [0.15, 0.2) is 5.82 Å². The van der Waals surface area contributed by atoms with Gasteiger partial charge in [0, 0.05) is 12.0 Å². The molecule has 0 aliphatic carbocycles. The number of nitrogens with zero attached hydrogens (tertiary/aromatic N) is 2. The third-order valence-electron chi connectivity index (χ3n) is 3.14. The normalized spacial score (nSPS) is 12.3. The van der Waals surface area contributed by atoms with E-state index in [0.717, 1.165) is 25.1 Å². The number of hydrogen-bond acceptors (Lipinski definition) is 5. The average Bonchev–Trinajstić information content (AvgIpc) is 2.32. The smallest absolute Gasteiger partial charge is 0.242 e. The Bertz CT molecular complexity index is 492. The third-order valence-corrected chi connectivity index (χ3v) is 3.14. The summed E-state index contributed by atoms with van der Waals surface area (Å²) in [7, 11) is 0. The van der Waals surface area contributed by atoms with Crippen LogP contribution in [-0.2, 0) is 6.42 Å². The van der Waals surface area contributed by atoms with E-state index in [1.165, 1.54) is 0 Å². The lowest BCUT2D eigenvalue weighted by Crippen LogP contribution is -2.36. The van der Waals surface area contributed by atoms with Crippen molar-refractivity contribution in [3.05, 3.63) is 5.82 Å². The Morgan fingerprint density at radius 1 is 1.09 bits per heavy atom. The van der Waals surface area contributed by atoms with Crippen LogP contribution < -0.4 is 15.8 Å². The fourth-order valence-corrected chi connectivity index (χ4v) is 2.86. The molecular formula is C17H32N4O. The predicted molar refractivity (Wildman–Crippen MR) is 93.4 cm³/mol. The van der Waals surface area contributed by atoms with E-state index in [2.05, 4.69) is 56.8 Å². The molecule has 0 fully saturated rings. The molecule has 0 radical (unpaired) electrons. The molecule has 0 spiro atoms. The second-order valence-electron chi connectivity index (χ2n) is 7.64. The summed E-state index contributed by atoms with van der Waals surface area (Å²) < 4.78 is 5.56. The molecule has 0 unspecified atom stereocenters. The van der Waals surface area contributed by atoms with Crippen LogP contribution in [0.25, 0.3) is 0 Å². The molecule has 1 aromatic heterocycles. The van der Waals surface area contributed by atoms with Crippen molar-refractivity contribution in [2.45, 2.75) is 73.3 Å². The van der Waals surface area contributed by atoms with Crippen molar-refractivity contribution >= 4 is 11.5 Å². The highest BCUT2D eigenvalue weighted by atomic mass is 16.5. The van der Waals surface area contributed by atoms with Gasteiger partial charge in [-0.1, -0.05) is 27.7 Å². The molecule has 0 amide bonds. The minimum atomic E-state index is -0.117. The summed E-state index contributed by atoms with van der Waals surface area (Å²) in [5.41, 5.74) is 6.78. The predicted octanol–water partition coefficient (Wildman–Crippen LogP) is 4.04. The van der Waals surface area contributed by atoms with Crippen LogP contribution in [0.1, 0.15) is 67.1 Å². The molecule has 0 aliphatic heterocycles. The van der Waals surface area contributed by atoms with E-state index in [1.807, 2.05) is 6.92 Å². The summed E-state index contributed by atoms with van der Waals surface area (Å²) in [6.07, 6.45) is 2.80. The molecular weight excluding hydrogens is 276 g/mol. The molecule has 22 heavy (non-hydrogen) atoms.